The Hall–Kier alpha value is -4.14. The van der Waals surface area contributed by atoms with E-state index in [2.05, 4.69) is 10.5 Å². The molecule has 0 radical (unpaired) electrons. The number of carbonyl (C=O) groups is 3. The molecule has 3 amide bonds. The van der Waals surface area contributed by atoms with Gasteiger partial charge in [0.1, 0.15) is 17.3 Å². The van der Waals surface area contributed by atoms with Crippen LogP contribution in [0.4, 0.5) is 5.82 Å². The third-order valence-electron chi connectivity index (χ3n) is 5.51. The number of nitrogens with one attached hydrogen (secondary N) is 1. The summed E-state index contributed by atoms with van der Waals surface area (Å²) in [6, 6.07) is 15.0. The van der Waals surface area contributed by atoms with Gasteiger partial charge in [0.15, 0.2) is 5.82 Å². The molecule has 0 aliphatic carbocycles. The predicted octanol–water partition coefficient (Wildman–Crippen LogP) is 3.37. The highest BCUT2D eigenvalue weighted by molar-refractivity contribution is 5.95. The normalized spacial score (nSPS) is 14.0. The van der Waals surface area contributed by atoms with Crippen molar-refractivity contribution >= 4 is 23.5 Å². The molecule has 0 spiro atoms. The van der Waals surface area contributed by atoms with Gasteiger partial charge in [-0.3, -0.25) is 14.4 Å². The number of rotatable bonds is 6. The molecule has 170 valence electrons. The van der Waals surface area contributed by atoms with Gasteiger partial charge < -0.3 is 25.2 Å². The molecule has 1 aliphatic rings. The van der Waals surface area contributed by atoms with E-state index in [0.717, 1.165) is 0 Å². The standard InChI is InChI=1S/C24H24N4O5/c1-15-14-21(27-33-15)26-23(30)17-10-12-28(13-11-17)24(31)18-4-8-20(9-5-18)32-19-6-2-16(3-7-19)22(25)29/h2-9,14,17H,10-13H2,1H3,(H2,25,29)(H,26,27,30). The van der Waals surface area contributed by atoms with E-state index in [1.54, 1.807) is 66.4 Å². The Labute approximate surface area is 190 Å². The summed E-state index contributed by atoms with van der Waals surface area (Å²) in [6.45, 7) is 2.76. The molecule has 1 aliphatic heterocycles. The van der Waals surface area contributed by atoms with Gasteiger partial charge >= 0.3 is 0 Å². The fourth-order valence-electron chi connectivity index (χ4n) is 3.67. The summed E-state index contributed by atoms with van der Waals surface area (Å²) in [5.41, 5.74) is 6.19. The lowest BCUT2D eigenvalue weighted by molar-refractivity contribution is -0.121. The second-order valence-electron chi connectivity index (χ2n) is 7.89. The molecule has 2 aromatic carbocycles. The number of nitrogens with zero attached hydrogens (tertiary/aromatic N) is 2. The van der Waals surface area contributed by atoms with Crippen LogP contribution in [-0.4, -0.2) is 40.9 Å². The highest BCUT2D eigenvalue weighted by Gasteiger charge is 2.28. The molecule has 1 fully saturated rings. The van der Waals surface area contributed by atoms with Crippen molar-refractivity contribution in [3.63, 3.8) is 0 Å². The number of aromatic nitrogens is 1. The number of hydrogen-bond donors (Lipinski definition) is 2. The zero-order chi connectivity index (χ0) is 23.4. The SMILES string of the molecule is Cc1cc(NC(=O)C2CCN(C(=O)c3ccc(Oc4ccc(C(N)=O)cc4)cc3)CC2)no1. The Bertz CT molecular complexity index is 1150. The van der Waals surface area contributed by atoms with Crippen LogP contribution in [0, 0.1) is 12.8 Å². The first-order valence-corrected chi connectivity index (χ1v) is 10.6. The third kappa shape index (κ3) is 5.38. The van der Waals surface area contributed by atoms with Crippen LogP contribution in [0.25, 0.3) is 0 Å². The summed E-state index contributed by atoms with van der Waals surface area (Å²) in [7, 11) is 0. The second-order valence-corrected chi connectivity index (χ2v) is 7.89. The lowest BCUT2D eigenvalue weighted by Crippen LogP contribution is -2.41. The minimum Gasteiger partial charge on any atom is -0.457 e. The molecule has 0 atom stereocenters. The quantitative estimate of drug-likeness (QED) is 0.595. The first-order valence-electron chi connectivity index (χ1n) is 10.6. The van der Waals surface area contributed by atoms with E-state index in [-0.39, 0.29) is 17.7 Å². The van der Waals surface area contributed by atoms with Crippen molar-refractivity contribution in [1.82, 2.24) is 10.1 Å². The van der Waals surface area contributed by atoms with Crippen molar-refractivity contribution in [2.24, 2.45) is 11.7 Å². The Morgan fingerprint density at radius 1 is 1.00 bits per heavy atom. The Morgan fingerprint density at radius 2 is 1.58 bits per heavy atom. The van der Waals surface area contributed by atoms with Crippen LogP contribution in [0.2, 0.25) is 0 Å². The van der Waals surface area contributed by atoms with E-state index in [0.29, 0.717) is 60.1 Å². The third-order valence-corrected chi connectivity index (χ3v) is 5.51. The number of aryl methyl sites for hydroxylation is 1. The summed E-state index contributed by atoms with van der Waals surface area (Å²) in [6.07, 6.45) is 1.16. The smallest absolute Gasteiger partial charge is 0.253 e. The number of piperidine rings is 1. The van der Waals surface area contributed by atoms with E-state index in [9.17, 15) is 14.4 Å². The average Bonchev–Trinajstić information content (AvgIpc) is 3.24. The molecule has 0 saturated carbocycles. The first kappa shape index (κ1) is 22.1. The molecule has 1 aromatic heterocycles. The molecule has 2 heterocycles. The maximum atomic E-state index is 12.9. The van der Waals surface area contributed by atoms with E-state index in [4.69, 9.17) is 15.0 Å². The lowest BCUT2D eigenvalue weighted by atomic mass is 9.95. The fraction of sp³-hybridized carbons (Fsp3) is 0.250. The van der Waals surface area contributed by atoms with E-state index < -0.39 is 5.91 Å². The Kier molecular flexibility index (Phi) is 6.39. The summed E-state index contributed by atoms with van der Waals surface area (Å²) < 4.78 is 10.7. The summed E-state index contributed by atoms with van der Waals surface area (Å²) in [5.74, 6) is 1.28. The summed E-state index contributed by atoms with van der Waals surface area (Å²) in [5, 5.41) is 6.54. The van der Waals surface area contributed by atoms with Crippen LogP contribution >= 0.6 is 0 Å². The van der Waals surface area contributed by atoms with Crippen LogP contribution in [-0.2, 0) is 4.79 Å². The van der Waals surface area contributed by atoms with Gasteiger partial charge in [-0.15, -0.1) is 0 Å². The van der Waals surface area contributed by atoms with Crippen LogP contribution in [0.3, 0.4) is 0 Å². The molecule has 4 rings (SSSR count). The Morgan fingerprint density at radius 3 is 2.09 bits per heavy atom. The van der Waals surface area contributed by atoms with Crippen molar-refractivity contribution in [2.75, 3.05) is 18.4 Å². The van der Waals surface area contributed by atoms with Crippen molar-refractivity contribution in [1.29, 1.82) is 0 Å². The molecule has 1 saturated heterocycles. The summed E-state index contributed by atoms with van der Waals surface area (Å²) >= 11 is 0. The van der Waals surface area contributed by atoms with Crippen LogP contribution in [0.5, 0.6) is 11.5 Å². The number of anilines is 1. The number of carbonyl (C=O) groups excluding carboxylic acids is 3. The van der Waals surface area contributed by atoms with Gasteiger partial charge in [0.25, 0.3) is 5.91 Å². The number of primary amides is 1. The van der Waals surface area contributed by atoms with Crippen molar-refractivity contribution in [2.45, 2.75) is 19.8 Å². The van der Waals surface area contributed by atoms with Crippen LogP contribution in [0.1, 0.15) is 39.3 Å². The van der Waals surface area contributed by atoms with E-state index in [1.165, 1.54) is 0 Å². The van der Waals surface area contributed by atoms with Gasteiger partial charge in [0.2, 0.25) is 11.8 Å². The van der Waals surface area contributed by atoms with Crippen LogP contribution in [0.15, 0.2) is 59.1 Å². The fourth-order valence-corrected chi connectivity index (χ4v) is 3.67. The number of nitrogens with two attached hydrogens (primary N) is 1. The maximum Gasteiger partial charge on any atom is 0.253 e. The maximum absolute atomic E-state index is 12.9. The molecule has 9 heteroatoms. The topological polar surface area (TPSA) is 128 Å². The zero-order valence-corrected chi connectivity index (χ0v) is 18.1. The largest absolute Gasteiger partial charge is 0.457 e. The molecule has 0 unspecified atom stereocenters. The van der Waals surface area contributed by atoms with Crippen molar-refractivity contribution in [3.8, 4) is 11.5 Å². The molecule has 3 N–H and O–H groups in total. The van der Waals surface area contributed by atoms with Gasteiger partial charge in [0.05, 0.1) is 0 Å². The second kappa shape index (κ2) is 9.56. The van der Waals surface area contributed by atoms with Gasteiger partial charge in [-0.05, 0) is 68.3 Å². The molecule has 33 heavy (non-hydrogen) atoms. The highest BCUT2D eigenvalue weighted by Crippen LogP contribution is 2.24. The monoisotopic (exact) mass is 448 g/mol. The highest BCUT2D eigenvalue weighted by atomic mass is 16.5. The van der Waals surface area contributed by atoms with Crippen molar-refractivity contribution < 1.29 is 23.6 Å². The van der Waals surface area contributed by atoms with Crippen LogP contribution < -0.4 is 15.8 Å². The number of benzene rings is 2. The lowest BCUT2D eigenvalue weighted by Gasteiger charge is -2.31. The van der Waals surface area contributed by atoms with Gasteiger partial charge in [-0.1, -0.05) is 5.16 Å². The van der Waals surface area contributed by atoms with Gasteiger partial charge in [-0.25, -0.2) is 0 Å². The molecule has 0 bridgehead atoms. The molecule has 3 aromatic rings. The summed E-state index contributed by atoms with van der Waals surface area (Å²) in [4.78, 5) is 38.2. The van der Waals surface area contributed by atoms with Crippen molar-refractivity contribution in [3.05, 3.63) is 71.5 Å². The van der Waals surface area contributed by atoms with Gasteiger partial charge in [-0.2, -0.15) is 0 Å². The Balaban J connectivity index is 1.29. The number of hydrogen-bond acceptors (Lipinski definition) is 6. The van der Waals surface area contributed by atoms with E-state index in [1.807, 2.05) is 0 Å². The number of likely N-dealkylation sites (tertiary alicyclic amines) is 1. The van der Waals surface area contributed by atoms with E-state index >= 15 is 0 Å². The average molecular weight is 448 g/mol. The van der Waals surface area contributed by atoms with Gasteiger partial charge in [0, 0.05) is 36.2 Å². The number of ether oxygens (including phenoxy) is 1. The zero-order valence-electron chi connectivity index (χ0n) is 18.1. The first-order chi connectivity index (χ1) is 15.9. The molecular weight excluding hydrogens is 424 g/mol. The molecular formula is C24H24N4O5. The minimum absolute atomic E-state index is 0.0849. The minimum atomic E-state index is -0.501. The predicted molar refractivity (Wildman–Crippen MR) is 120 cm³/mol. The number of amides is 3. The molecule has 9 nitrogen and oxygen atoms in total.